The lowest BCUT2D eigenvalue weighted by Gasteiger charge is -2.17. The lowest BCUT2D eigenvalue weighted by molar-refractivity contribution is 0.532. The number of halogens is 2. The molecule has 1 nitrogen and oxygen atoms in total. The molecule has 2 aromatic carbocycles. The number of likely N-dealkylation sites (N-methyl/N-ethyl adjacent to an activating group) is 1. The number of hydrogen-bond donors (Lipinski definition) is 1. The Morgan fingerprint density at radius 1 is 1.11 bits per heavy atom. The van der Waals surface area contributed by atoms with E-state index in [0.717, 1.165) is 6.42 Å². The van der Waals surface area contributed by atoms with Gasteiger partial charge in [-0.1, -0.05) is 41.9 Å². The van der Waals surface area contributed by atoms with Crippen molar-refractivity contribution in [3.63, 3.8) is 0 Å². The summed E-state index contributed by atoms with van der Waals surface area (Å²) in [6, 6.07) is 15.1. The van der Waals surface area contributed by atoms with Crippen LogP contribution in [0.4, 0.5) is 4.39 Å². The summed E-state index contributed by atoms with van der Waals surface area (Å²) in [5, 5.41) is 3.81. The predicted octanol–water partition coefficient (Wildman–Crippen LogP) is 3.85. The maximum atomic E-state index is 13.7. The highest BCUT2D eigenvalue weighted by Gasteiger charge is 2.11. The fourth-order valence-electron chi connectivity index (χ4n) is 2.14. The molecule has 0 bridgehead atoms. The van der Waals surface area contributed by atoms with E-state index in [0.29, 0.717) is 17.0 Å². The van der Waals surface area contributed by atoms with E-state index in [1.807, 2.05) is 25.2 Å². The first-order valence-corrected chi connectivity index (χ1v) is 6.72. The first-order valence-electron chi connectivity index (χ1n) is 6.34. The minimum atomic E-state index is -0.197. The van der Waals surface area contributed by atoms with Crippen molar-refractivity contribution in [1.29, 1.82) is 0 Å². The van der Waals surface area contributed by atoms with Crippen LogP contribution in [0.15, 0.2) is 48.5 Å². The van der Waals surface area contributed by atoms with Crippen LogP contribution in [0, 0.1) is 5.82 Å². The number of hydrogen-bond acceptors (Lipinski definition) is 1. The second kappa shape index (κ2) is 6.69. The van der Waals surface area contributed by atoms with Gasteiger partial charge in [0, 0.05) is 11.1 Å². The van der Waals surface area contributed by atoms with E-state index >= 15 is 0 Å². The van der Waals surface area contributed by atoms with Gasteiger partial charge < -0.3 is 5.32 Å². The highest BCUT2D eigenvalue weighted by atomic mass is 35.5. The van der Waals surface area contributed by atoms with Gasteiger partial charge in [-0.15, -0.1) is 0 Å². The number of benzene rings is 2. The molecule has 0 aliphatic heterocycles. The van der Waals surface area contributed by atoms with Crippen LogP contribution in [0.5, 0.6) is 0 Å². The van der Waals surface area contributed by atoms with Gasteiger partial charge in [0.2, 0.25) is 0 Å². The SMILES string of the molecule is CNC(Cc1ccccc1)Cc1cc(Cl)ccc1F. The van der Waals surface area contributed by atoms with Crippen LogP contribution in [-0.2, 0) is 12.8 Å². The molecule has 0 fully saturated rings. The van der Waals surface area contributed by atoms with Crippen molar-refractivity contribution in [2.45, 2.75) is 18.9 Å². The molecule has 19 heavy (non-hydrogen) atoms. The van der Waals surface area contributed by atoms with Gasteiger partial charge in [0.05, 0.1) is 0 Å². The first kappa shape index (κ1) is 14.0. The van der Waals surface area contributed by atoms with Crippen molar-refractivity contribution in [3.8, 4) is 0 Å². The Morgan fingerprint density at radius 3 is 2.53 bits per heavy atom. The van der Waals surface area contributed by atoms with Crippen LogP contribution in [-0.4, -0.2) is 13.1 Å². The third-order valence-corrected chi connectivity index (χ3v) is 3.44. The van der Waals surface area contributed by atoms with Crippen molar-refractivity contribution in [2.75, 3.05) is 7.05 Å². The van der Waals surface area contributed by atoms with Crippen LogP contribution < -0.4 is 5.32 Å². The zero-order valence-corrected chi connectivity index (χ0v) is 11.6. The Kier molecular flexibility index (Phi) is 4.94. The van der Waals surface area contributed by atoms with E-state index in [4.69, 9.17) is 11.6 Å². The van der Waals surface area contributed by atoms with Crippen molar-refractivity contribution in [3.05, 3.63) is 70.5 Å². The molecule has 1 unspecified atom stereocenters. The summed E-state index contributed by atoms with van der Waals surface area (Å²) in [6.07, 6.45) is 1.49. The zero-order valence-electron chi connectivity index (χ0n) is 10.9. The van der Waals surface area contributed by atoms with Crippen LogP contribution in [0.1, 0.15) is 11.1 Å². The highest BCUT2D eigenvalue weighted by molar-refractivity contribution is 6.30. The Balaban J connectivity index is 2.09. The number of rotatable bonds is 5. The average molecular weight is 278 g/mol. The smallest absolute Gasteiger partial charge is 0.126 e. The van der Waals surface area contributed by atoms with E-state index in [9.17, 15) is 4.39 Å². The van der Waals surface area contributed by atoms with E-state index < -0.39 is 0 Å². The average Bonchev–Trinajstić information content (AvgIpc) is 2.43. The Labute approximate surface area is 118 Å². The van der Waals surface area contributed by atoms with Gasteiger partial charge in [0.25, 0.3) is 0 Å². The van der Waals surface area contributed by atoms with Gasteiger partial charge >= 0.3 is 0 Å². The van der Waals surface area contributed by atoms with Crippen LogP contribution in [0.3, 0.4) is 0 Å². The second-order valence-electron chi connectivity index (χ2n) is 4.62. The van der Waals surface area contributed by atoms with E-state index in [2.05, 4.69) is 17.4 Å². The fourth-order valence-corrected chi connectivity index (χ4v) is 2.33. The molecule has 0 saturated heterocycles. The van der Waals surface area contributed by atoms with Gasteiger partial charge in [0.1, 0.15) is 5.82 Å². The summed E-state index contributed by atoms with van der Waals surface area (Å²) in [6.45, 7) is 0. The molecule has 0 radical (unpaired) electrons. The molecule has 0 aromatic heterocycles. The molecular formula is C16H17ClFN. The maximum Gasteiger partial charge on any atom is 0.126 e. The van der Waals surface area contributed by atoms with E-state index in [1.54, 1.807) is 12.1 Å². The van der Waals surface area contributed by atoms with Gasteiger partial charge in [-0.2, -0.15) is 0 Å². The van der Waals surface area contributed by atoms with Crippen molar-refractivity contribution < 1.29 is 4.39 Å². The van der Waals surface area contributed by atoms with E-state index in [1.165, 1.54) is 11.6 Å². The third-order valence-electron chi connectivity index (χ3n) is 3.21. The summed E-state index contributed by atoms with van der Waals surface area (Å²) in [5.74, 6) is -0.197. The molecule has 100 valence electrons. The summed E-state index contributed by atoms with van der Waals surface area (Å²) < 4.78 is 13.7. The van der Waals surface area contributed by atoms with Crippen molar-refractivity contribution >= 4 is 11.6 Å². The van der Waals surface area contributed by atoms with E-state index in [-0.39, 0.29) is 11.9 Å². The third kappa shape index (κ3) is 4.05. The Bertz CT molecular complexity index is 528. The molecule has 0 amide bonds. The lowest BCUT2D eigenvalue weighted by atomic mass is 9.99. The molecule has 2 rings (SSSR count). The number of nitrogens with one attached hydrogen (secondary N) is 1. The minimum Gasteiger partial charge on any atom is -0.316 e. The summed E-state index contributed by atoms with van der Waals surface area (Å²) in [7, 11) is 1.90. The molecule has 0 aliphatic carbocycles. The molecule has 2 aromatic rings. The van der Waals surface area contributed by atoms with Crippen LogP contribution in [0.25, 0.3) is 0 Å². The van der Waals surface area contributed by atoms with Gasteiger partial charge in [-0.25, -0.2) is 4.39 Å². The summed E-state index contributed by atoms with van der Waals surface area (Å²) >= 11 is 5.92. The Morgan fingerprint density at radius 2 is 1.84 bits per heavy atom. The Hall–Kier alpha value is -1.38. The van der Waals surface area contributed by atoms with Gasteiger partial charge in [0.15, 0.2) is 0 Å². The molecule has 0 heterocycles. The van der Waals surface area contributed by atoms with Gasteiger partial charge in [-0.3, -0.25) is 0 Å². The molecular weight excluding hydrogens is 261 g/mol. The molecule has 1 atom stereocenters. The quantitative estimate of drug-likeness (QED) is 0.875. The van der Waals surface area contributed by atoms with Crippen LogP contribution >= 0.6 is 11.6 Å². The standard InChI is InChI=1S/C16H17ClFN/c1-19-15(9-12-5-3-2-4-6-12)11-13-10-14(17)7-8-16(13)18/h2-8,10,15,19H,9,11H2,1H3. The normalized spacial score (nSPS) is 12.4. The highest BCUT2D eigenvalue weighted by Crippen LogP contribution is 2.17. The van der Waals surface area contributed by atoms with Crippen molar-refractivity contribution in [1.82, 2.24) is 5.32 Å². The summed E-state index contributed by atoms with van der Waals surface area (Å²) in [5.41, 5.74) is 1.90. The van der Waals surface area contributed by atoms with Crippen LogP contribution in [0.2, 0.25) is 5.02 Å². The molecule has 0 spiro atoms. The second-order valence-corrected chi connectivity index (χ2v) is 5.05. The maximum absolute atomic E-state index is 13.7. The monoisotopic (exact) mass is 277 g/mol. The fraction of sp³-hybridized carbons (Fsp3) is 0.250. The molecule has 0 aliphatic rings. The topological polar surface area (TPSA) is 12.0 Å². The zero-order chi connectivity index (χ0) is 13.7. The predicted molar refractivity (Wildman–Crippen MR) is 78.1 cm³/mol. The summed E-state index contributed by atoms with van der Waals surface area (Å²) in [4.78, 5) is 0. The molecule has 3 heteroatoms. The molecule has 1 N–H and O–H groups in total. The largest absolute Gasteiger partial charge is 0.316 e. The first-order chi connectivity index (χ1) is 9.19. The molecule has 0 saturated carbocycles. The lowest BCUT2D eigenvalue weighted by Crippen LogP contribution is -2.30. The van der Waals surface area contributed by atoms with Crippen molar-refractivity contribution in [2.24, 2.45) is 0 Å². The van der Waals surface area contributed by atoms with Gasteiger partial charge in [-0.05, 0) is 49.2 Å². The minimum absolute atomic E-state index is 0.190.